The summed E-state index contributed by atoms with van der Waals surface area (Å²) in [7, 11) is 0. The van der Waals surface area contributed by atoms with Gasteiger partial charge >= 0.3 is 0 Å². The van der Waals surface area contributed by atoms with Crippen LogP contribution in [0, 0.1) is 0 Å². The van der Waals surface area contributed by atoms with Crippen LogP contribution in [0.3, 0.4) is 0 Å². The van der Waals surface area contributed by atoms with Crippen molar-refractivity contribution in [3.63, 3.8) is 0 Å². The highest BCUT2D eigenvalue weighted by molar-refractivity contribution is 8.06. The molecule has 1 atom stereocenters. The minimum atomic E-state index is 0.486. The highest BCUT2D eigenvalue weighted by atomic mass is 32.2. The summed E-state index contributed by atoms with van der Waals surface area (Å²) in [4.78, 5) is 1.41. The summed E-state index contributed by atoms with van der Waals surface area (Å²) in [6, 6.07) is 0.486. The molecular weight excluding hydrogens is 142 g/mol. The molecule has 0 radical (unpaired) electrons. The first-order valence-electron chi connectivity index (χ1n) is 3.40. The first-order chi connectivity index (χ1) is 4.97. The average Bonchev–Trinajstić information content (AvgIpc) is 2.28. The van der Waals surface area contributed by atoms with Gasteiger partial charge in [0.05, 0.1) is 6.04 Å². The van der Waals surface area contributed by atoms with E-state index in [2.05, 4.69) is 35.0 Å². The van der Waals surface area contributed by atoms with Crippen LogP contribution in [-0.4, -0.2) is 12.6 Å². The Balaban J connectivity index is 2.23. The van der Waals surface area contributed by atoms with E-state index in [1.165, 1.54) is 4.91 Å². The summed E-state index contributed by atoms with van der Waals surface area (Å²) in [5, 5.41) is 5.52. The quantitative estimate of drug-likeness (QED) is 0.565. The van der Waals surface area contributed by atoms with E-state index >= 15 is 0 Å². The SMILES string of the molecule is C1=CCNC2C=CSC2=C1. The number of thioether (sulfide) groups is 1. The van der Waals surface area contributed by atoms with E-state index in [-0.39, 0.29) is 0 Å². The van der Waals surface area contributed by atoms with Crippen LogP contribution in [0.25, 0.3) is 0 Å². The van der Waals surface area contributed by atoms with E-state index in [4.69, 9.17) is 0 Å². The Morgan fingerprint density at radius 1 is 1.60 bits per heavy atom. The first-order valence-corrected chi connectivity index (χ1v) is 4.28. The fourth-order valence-corrected chi connectivity index (χ4v) is 1.96. The molecule has 1 unspecified atom stereocenters. The third kappa shape index (κ3) is 1.04. The van der Waals surface area contributed by atoms with Crippen LogP contribution in [0.4, 0.5) is 0 Å². The Hall–Kier alpha value is -0.470. The molecule has 0 aromatic heterocycles. The lowest BCUT2D eigenvalue weighted by Crippen LogP contribution is -2.25. The van der Waals surface area contributed by atoms with Crippen molar-refractivity contribution >= 4 is 11.8 Å². The van der Waals surface area contributed by atoms with Crippen molar-refractivity contribution in [1.29, 1.82) is 0 Å². The van der Waals surface area contributed by atoms with Gasteiger partial charge in [-0.3, -0.25) is 0 Å². The van der Waals surface area contributed by atoms with E-state index in [0.717, 1.165) is 6.54 Å². The Morgan fingerprint density at radius 2 is 2.60 bits per heavy atom. The van der Waals surface area contributed by atoms with Crippen molar-refractivity contribution in [1.82, 2.24) is 5.32 Å². The minimum Gasteiger partial charge on any atom is -0.303 e. The average molecular weight is 151 g/mol. The predicted octanol–water partition coefficient (Wildman–Crippen LogP) is 1.66. The second kappa shape index (κ2) is 2.64. The monoisotopic (exact) mass is 151 g/mol. The van der Waals surface area contributed by atoms with Gasteiger partial charge in [0.25, 0.3) is 0 Å². The van der Waals surface area contributed by atoms with Crippen molar-refractivity contribution < 1.29 is 0 Å². The number of fused-ring (bicyclic) bond motifs is 1. The largest absolute Gasteiger partial charge is 0.303 e. The summed E-state index contributed by atoms with van der Waals surface area (Å²) in [5.74, 6) is 0. The fourth-order valence-electron chi connectivity index (χ4n) is 1.10. The number of nitrogens with one attached hydrogen (secondary N) is 1. The molecule has 2 heterocycles. The van der Waals surface area contributed by atoms with Crippen molar-refractivity contribution in [3.8, 4) is 0 Å². The Bertz CT molecular complexity index is 215. The predicted molar refractivity (Wildman–Crippen MR) is 45.7 cm³/mol. The zero-order valence-corrected chi connectivity index (χ0v) is 6.40. The highest BCUT2D eigenvalue weighted by Gasteiger charge is 2.14. The van der Waals surface area contributed by atoms with Gasteiger partial charge in [0.15, 0.2) is 0 Å². The van der Waals surface area contributed by atoms with Crippen LogP contribution in [0.2, 0.25) is 0 Å². The number of rotatable bonds is 0. The molecular formula is C8H9NS. The molecule has 0 aliphatic carbocycles. The van der Waals surface area contributed by atoms with Crippen LogP contribution in [0.5, 0.6) is 0 Å². The molecule has 0 aromatic carbocycles. The standard InChI is InChI=1S/C8H9NS/c1-2-5-9-7-4-6-10-8(7)3-1/h1-4,6-7,9H,5H2. The van der Waals surface area contributed by atoms with E-state index in [0.29, 0.717) is 6.04 Å². The third-order valence-electron chi connectivity index (χ3n) is 1.63. The molecule has 1 nitrogen and oxygen atoms in total. The summed E-state index contributed by atoms with van der Waals surface area (Å²) < 4.78 is 0. The van der Waals surface area contributed by atoms with Crippen LogP contribution in [-0.2, 0) is 0 Å². The lowest BCUT2D eigenvalue weighted by atomic mass is 10.3. The van der Waals surface area contributed by atoms with Gasteiger partial charge in [-0.15, -0.1) is 11.8 Å². The van der Waals surface area contributed by atoms with E-state index < -0.39 is 0 Å². The number of allylic oxidation sites excluding steroid dienone is 2. The molecule has 0 fully saturated rings. The normalized spacial score (nSPS) is 29.6. The second-order valence-corrected chi connectivity index (χ2v) is 3.31. The number of hydrogen-bond donors (Lipinski definition) is 1. The molecule has 2 aliphatic heterocycles. The topological polar surface area (TPSA) is 12.0 Å². The molecule has 0 aromatic rings. The molecule has 0 spiro atoms. The highest BCUT2D eigenvalue weighted by Crippen LogP contribution is 2.29. The van der Waals surface area contributed by atoms with Gasteiger partial charge in [-0.2, -0.15) is 0 Å². The van der Waals surface area contributed by atoms with Gasteiger partial charge in [0, 0.05) is 11.4 Å². The molecule has 10 heavy (non-hydrogen) atoms. The molecule has 2 aliphatic rings. The second-order valence-electron chi connectivity index (χ2n) is 2.33. The summed E-state index contributed by atoms with van der Waals surface area (Å²) in [6.45, 7) is 0.982. The van der Waals surface area contributed by atoms with Crippen molar-refractivity contribution in [2.45, 2.75) is 6.04 Å². The maximum Gasteiger partial charge on any atom is 0.0580 e. The van der Waals surface area contributed by atoms with Crippen molar-refractivity contribution in [2.75, 3.05) is 6.54 Å². The number of hydrogen-bond acceptors (Lipinski definition) is 2. The van der Waals surface area contributed by atoms with Gasteiger partial charge in [-0.25, -0.2) is 0 Å². The van der Waals surface area contributed by atoms with Crippen LogP contribution in [0.1, 0.15) is 0 Å². The van der Waals surface area contributed by atoms with Crippen LogP contribution in [0.15, 0.2) is 34.6 Å². The molecule has 0 saturated heterocycles. The zero-order valence-electron chi connectivity index (χ0n) is 5.58. The third-order valence-corrected chi connectivity index (χ3v) is 2.59. The molecule has 52 valence electrons. The minimum absolute atomic E-state index is 0.486. The van der Waals surface area contributed by atoms with Crippen molar-refractivity contribution in [2.24, 2.45) is 0 Å². The Labute approximate surface area is 64.9 Å². The van der Waals surface area contributed by atoms with Gasteiger partial charge in [0.1, 0.15) is 0 Å². The van der Waals surface area contributed by atoms with E-state index in [1.807, 2.05) is 0 Å². The zero-order chi connectivity index (χ0) is 6.81. The molecule has 0 saturated carbocycles. The Kier molecular flexibility index (Phi) is 1.65. The fraction of sp³-hybridized carbons (Fsp3) is 0.250. The summed E-state index contributed by atoms with van der Waals surface area (Å²) in [5.41, 5.74) is 0. The molecule has 0 bridgehead atoms. The van der Waals surface area contributed by atoms with E-state index in [1.54, 1.807) is 11.8 Å². The van der Waals surface area contributed by atoms with Crippen LogP contribution < -0.4 is 5.32 Å². The lowest BCUT2D eigenvalue weighted by molar-refractivity contribution is 0.739. The first kappa shape index (κ1) is 6.25. The lowest BCUT2D eigenvalue weighted by Gasteiger charge is -2.07. The van der Waals surface area contributed by atoms with Crippen molar-refractivity contribution in [3.05, 3.63) is 34.6 Å². The van der Waals surface area contributed by atoms with E-state index in [9.17, 15) is 0 Å². The van der Waals surface area contributed by atoms with Gasteiger partial charge in [-0.05, 0) is 5.41 Å². The Morgan fingerprint density at radius 3 is 3.60 bits per heavy atom. The molecule has 2 rings (SSSR count). The molecule has 0 amide bonds. The molecule has 1 N–H and O–H groups in total. The van der Waals surface area contributed by atoms with Gasteiger partial charge in [0.2, 0.25) is 0 Å². The maximum atomic E-state index is 3.38. The smallest absolute Gasteiger partial charge is 0.0580 e. The summed E-state index contributed by atoms with van der Waals surface area (Å²) >= 11 is 1.81. The molecule has 2 heteroatoms. The van der Waals surface area contributed by atoms with Crippen LogP contribution >= 0.6 is 11.8 Å². The summed E-state index contributed by atoms with van der Waals surface area (Å²) in [6.07, 6.45) is 8.63. The van der Waals surface area contributed by atoms with Gasteiger partial charge < -0.3 is 5.32 Å². The van der Waals surface area contributed by atoms with Gasteiger partial charge in [-0.1, -0.05) is 24.3 Å². The maximum absolute atomic E-state index is 3.38.